The topological polar surface area (TPSA) is 65.0 Å². The van der Waals surface area contributed by atoms with Crippen molar-refractivity contribution in [3.8, 4) is 5.75 Å². The number of aliphatic hydroxyl groups is 1. The van der Waals surface area contributed by atoms with Gasteiger partial charge in [-0.3, -0.25) is 4.79 Å². The number of aliphatic hydroxyl groups excluding tert-OH is 1. The van der Waals surface area contributed by atoms with E-state index in [1.807, 2.05) is 25.2 Å². The van der Waals surface area contributed by atoms with Crippen molar-refractivity contribution in [3.63, 3.8) is 0 Å². The zero-order valence-corrected chi connectivity index (χ0v) is 16.8. The third-order valence-corrected chi connectivity index (χ3v) is 4.96. The number of nitrogens with zero attached hydrogens (tertiary/aromatic N) is 2. The minimum atomic E-state index is -0.470. The fourth-order valence-electron chi connectivity index (χ4n) is 3.40. The van der Waals surface area contributed by atoms with Crippen LogP contribution in [0.5, 0.6) is 5.75 Å². The normalized spacial score (nSPS) is 16.7. The van der Waals surface area contributed by atoms with Gasteiger partial charge in [0.1, 0.15) is 18.5 Å². The molecule has 0 spiro atoms. The van der Waals surface area contributed by atoms with E-state index in [-0.39, 0.29) is 5.91 Å². The molecular weight excluding hydrogens is 342 g/mol. The van der Waals surface area contributed by atoms with Crippen molar-refractivity contribution in [2.45, 2.75) is 44.8 Å². The minimum Gasteiger partial charge on any atom is -0.491 e. The van der Waals surface area contributed by atoms with E-state index in [2.05, 4.69) is 21.2 Å². The molecule has 152 valence electrons. The molecule has 0 bridgehead atoms. The Morgan fingerprint density at radius 3 is 2.74 bits per heavy atom. The Balaban J connectivity index is 1.74. The number of β-amino-alcohol motifs (C(OH)–C–C–N with tert-alkyl or cyclic N) is 1. The minimum absolute atomic E-state index is 0.0531. The van der Waals surface area contributed by atoms with E-state index in [1.54, 1.807) is 7.05 Å². The average molecular weight is 378 g/mol. The molecule has 1 aromatic carbocycles. The summed E-state index contributed by atoms with van der Waals surface area (Å²) in [6, 6.07) is 7.96. The summed E-state index contributed by atoms with van der Waals surface area (Å²) in [6.45, 7) is 4.61. The first kappa shape index (κ1) is 21.7. The number of hydrogen-bond donors (Lipinski definition) is 2. The molecule has 1 fully saturated rings. The van der Waals surface area contributed by atoms with Gasteiger partial charge in [0, 0.05) is 33.1 Å². The summed E-state index contributed by atoms with van der Waals surface area (Å²) in [5.74, 6) is 0.833. The molecule has 6 nitrogen and oxygen atoms in total. The number of likely N-dealkylation sites (tertiary alicyclic amines) is 1. The number of nitrogens with one attached hydrogen (secondary N) is 1. The molecule has 1 aromatic rings. The van der Waals surface area contributed by atoms with Gasteiger partial charge < -0.3 is 25.0 Å². The van der Waals surface area contributed by atoms with Crippen LogP contribution in [0.2, 0.25) is 0 Å². The number of amides is 1. The third kappa shape index (κ3) is 8.73. The van der Waals surface area contributed by atoms with Crippen molar-refractivity contribution in [2.75, 3.05) is 46.9 Å². The second-order valence-corrected chi connectivity index (χ2v) is 7.49. The van der Waals surface area contributed by atoms with Crippen molar-refractivity contribution in [2.24, 2.45) is 0 Å². The second-order valence-electron chi connectivity index (χ2n) is 7.49. The third-order valence-electron chi connectivity index (χ3n) is 4.96. The molecule has 1 atom stereocenters. The Morgan fingerprint density at radius 2 is 2.04 bits per heavy atom. The number of carbonyl (C=O) groups is 1. The van der Waals surface area contributed by atoms with Crippen LogP contribution in [0.15, 0.2) is 24.3 Å². The molecule has 0 unspecified atom stereocenters. The van der Waals surface area contributed by atoms with Crippen LogP contribution in [0.3, 0.4) is 0 Å². The van der Waals surface area contributed by atoms with Gasteiger partial charge in [0.2, 0.25) is 5.91 Å². The molecule has 1 aliphatic rings. The van der Waals surface area contributed by atoms with Gasteiger partial charge in [-0.25, -0.2) is 0 Å². The van der Waals surface area contributed by atoms with Gasteiger partial charge in [0.25, 0.3) is 0 Å². The smallest absolute Gasteiger partial charge is 0.221 e. The van der Waals surface area contributed by atoms with Crippen molar-refractivity contribution in [1.29, 1.82) is 0 Å². The first-order valence-electron chi connectivity index (χ1n) is 10.1. The number of rotatable bonds is 10. The van der Waals surface area contributed by atoms with Crippen molar-refractivity contribution < 1.29 is 14.6 Å². The highest BCUT2D eigenvalue weighted by Gasteiger charge is 2.14. The lowest BCUT2D eigenvalue weighted by molar-refractivity contribution is -0.120. The Kier molecular flexibility index (Phi) is 9.59. The first-order valence-corrected chi connectivity index (χ1v) is 10.1. The maximum Gasteiger partial charge on any atom is 0.221 e. The maximum absolute atomic E-state index is 11.3. The van der Waals surface area contributed by atoms with Gasteiger partial charge in [0.05, 0.1) is 0 Å². The van der Waals surface area contributed by atoms with Crippen LogP contribution >= 0.6 is 0 Å². The summed E-state index contributed by atoms with van der Waals surface area (Å²) < 4.78 is 5.82. The summed E-state index contributed by atoms with van der Waals surface area (Å²) in [7, 11) is 3.66. The Hall–Kier alpha value is -1.63. The molecule has 1 heterocycles. The van der Waals surface area contributed by atoms with Crippen LogP contribution in [-0.4, -0.2) is 73.8 Å². The van der Waals surface area contributed by atoms with Crippen LogP contribution in [-0.2, 0) is 11.3 Å². The van der Waals surface area contributed by atoms with Gasteiger partial charge in [-0.05, 0) is 50.7 Å². The molecule has 0 radical (unpaired) electrons. The molecule has 6 heteroatoms. The van der Waals surface area contributed by atoms with E-state index in [0.29, 0.717) is 26.1 Å². The lowest BCUT2D eigenvalue weighted by atomic mass is 10.2. The molecule has 2 N–H and O–H groups in total. The highest BCUT2D eigenvalue weighted by atomic mass is 16.5. The average Bonchev–Trinajstić information content (AvgIpc) is 2.93. The molecule has 1 aliphatic heterocycles. The van der Waals surface area contributed by atoms with Crippen LogP contribution in [0, 0.1) is 0 Å². The molecule has 0 aliphatic carbocycles. The van der Waals surface area contributed by atoms with Crippen LogP contribution in [0.25, 0.3) is 0 Å². The summed E-state index contributed by atoms with van der Waals surface area (Å²) in [6.07, 6.45) is 5.07. The number of hydrogen-bond acceptors (Lipinski definition) is 5. The van der Waals surface area contributed by atoms with Crippen molar-refractivity contribution >= 4 is 5.91 Å². The maximum atomic E-state index is 11.3. The van der Waals surface area contributed by atoms with Gasteiger partial charge in [-0.15, -0.1) is 0 Å². The SMILES string of the molecule is CNC(=O)CCN(C)Cc1cccc(OC[C@H](O)CN2CCCCCC2)c1. The van der Waals surface area contributed by atoms with Crippen molar-refractivity contribution in [1.82, 2.24) is 15.1 Å². The molecule has 1 amide bonds. The lowest BCUT2D eigenvalue weighted by Gasteiger charge is -2.23. The fraction of sp³-hybridized carbons (Fsp3) is 0.667. The van der Waals surface area contributed by atoms with Gasteiger partial charge >= 0.3 is 0 Å². The monoisotopic (exact) mass is 377 g/mol. The molecule has 27 heavy (non-hydrogen) atoms. The molecule has 0 saturated carbocycles. The van der Waals surface area contributed by atoms with E-state index in [4.69, 9.17) is 4.74 Å². The molecule has 0 aromatic heterocycles. The Bertz CT molecular complexity index is 559. The van der Waals surface area contributed by atoms with Gasteiger partial charge in [-0.2, -0.15) is 0 Å². The predicted molar refractivity (Wildman–Crippen MR) is 108 cm³/mol. The molecule has 1 saturated heterocycles. The number of benzene rings is 1. The zero-order chi connectivity index (χ0) is 19.5. The highest BCUT2D eigenvalue weighted by Crippen LogP contribution is 2.16. The standard InChI is InChI=1S/C21H35N3O3/c1-22-21(26)10-13-23(2)15-18-8-7-9-20(14-18)27-17-19(25)16-24-11-5-3-4-6-12-24/h7-9,14,19,25H,3-6,10-13,15-17H2,1-2H3,(H,22,26)/t19-/m1/s1. The quantitative estimate of drug-likeness (QED) is 0.652. The predicted octanol–water partition coefficient (Wildman–Crippen LogP) is 1.87. The summed E-state index contributed by atoms with van der Waals surface area (Å²) in [4.78, 5) is 15.8. The van der Waals surface area contributed by atoms with E-state index in [0.717, 1.165) is 30.9 Å². The Morgan fingerprint density at radius 1 is 1.30 bits per heavy atom. The lowest BCUT2D eigenvalue weighted by Crippen LogP contribution is -2.36. The van der Waals surface area contributed by atoms with Crippen LogP contribution in [0.1, 0.15) is 37.7 Å². The zero-order valence-electron chi connectivity index (χ0n) is 16.8. The second kappa shape index (κ2) is 12.0. The van der Waals surface area contributed by atoms with E-state index in [9.17, 15) is 9.90 Å². The first-order chi connectivity index (χ1) is 13.1. The van der Waals surface area contributed by atoms with Crippen LogP contribution in [0.4, 0.5) is 0 Å². The van der Waals surface area contributed by atoms with Crippen LogP contribution < -0.4 is 10.1 Å². The number of ether oxygens (including phenoxy) is 1. The fourth-order valence-corrected chi connectivity index (χ4v) is 3.40. The summed E-state index contributed by atoms with van der Waals surface area (Å²) in [5, 5.41) is 12.9. The highest BCUT2D eigenvalue weighted by molar-refractivity contribution is 5.75. The molecule has 2 rings (SSSR count). The van der Waals surface area contributed by atoms with E-state index in [1.165, 1.54) is 25.7 Å². The largest absolute Gasteiger partial charge is 0.491 e. The molecular formula is C21H35N3O3. The summed E-state index contributed by atoms with van der Waals surface area (Å²) in [5.41, 5.74) is 1.13. The van der Waals surface area contributed by atoms with Gasteiger partial charge in [-0.1, -0.05) is 25.0 Å². The van der Waals surface area contributed by atoms with E-state index >= 15 is 0 Å². The Labute approximate surface area is 163 Å². The van der Waals surface area contributed by atoms with Crippen molar-refractivity contribution in [3.05, 3.63) is 29.8 Å². The number of carbonyl (C=O) groups excluding carboxylic acids is 1. The van der Waals surface area contributed by atoms with Gasteiger partial charge in [0.15, 0.2) is 0 Å². The summed E-state index contributed by atoms with van der Waals surface area (Å²) >= 11 is 0. The van der Waals surface area contributed by atoms with E-state index < -0.39 is 6.10 Å².